The molecule has 0 saturated carbocycles. The first-order valence-electron chi connectivity index (χ1n) is 9.26. The summed E-state index contributed by atoms with van der Waals surface area (Å²) in [6.45, 7) is 2.44. The molecule has 28 heavy (non-hydrogen) atoms. The van der Waals surface area contributed by atoms with Crippen LogP contribution in [0.15, 0.2) is 54.6 Å². The van der Waals surface area contributed by atoms with Crippen molar-refractivity contribution in [3.63, 3.8) is 0 Å². The maximum Gasteiger partial charge on any atom is 0.410 e. The minimum absolute atomic E-state index is 0.000842. The minimum atomic E-state index is -0.341. The average molecular weight is 383 g/mol. The second kappa shape index (κ2) is 9.23. The highest BCUT2D eigenvalue weighted by Crippen LogP contribution is 2.12. The number of phenols is 1. The number of likely N-dealkylation sites (N-methyl/N-ethyl adjacent to an activating group) is 1. The maximum absolute atomic E-state index is 12.4. The Balaban J connectivity index is 1.50. The Kier molecular flexibility index (Phi) is 6.49. The van der Waals surface area contributed by atoms with Gasteiger partial charge in [-0.3, -0.25) is 9.69 Å². The molecule has 0 aromatic heterocycles. The van der Waals surface area contributed by atoms with Crippen molar-refractivity contribution < 1.29 is 19.4 Å². The topological polar surface area (TPSA) is 82.1 Å². The van der Waals surface area contributed by atoms with Crippen molar-refractivity contribution in [1.29, 1.82) is 0 Å². The summed E-state index contributed by atoms with van der Waals surface area (Å²) < 4.78 is 5.41. The molecule has 0 bridgehead atoms. The van der Waals surface area contributed by atoms with Crippen LogP contribution in [0.3, 0.4) is 0 Å². The van der Waals surface area contributed by atoms with Crippen LogP contribution in [0.2, 0.25) is 0 Å². The van der Waals surface area contributed by atoms with Crippen molar-refractivity contribution in [3.05, 3.63) is 65.7 Å². The lowest BCUT2D eigenvalue weighted by Crippen LogP contribution is -2.56. The third-order valence-corrected chi connectivity index (χ3v) is 4.87. The molecule has 1 aliphatic heterocycles. The predicted molar refractivity (Wildman–Crippen MR) is 105 cm³/mol. The van der Waals surface area contributed by atoms with Gasteiger partial charge in [-0.1, -0.05) is 30.3 Å². The van der Waals surface area contributed by atoms with Gasteiger partial charge in [0.1, 0.15) is 12.4 Å². The van der Waals surface area contributed by atoms with Crippen LogP contribution in [0, 0.1) is 0 Å². The molecule has 0 spiro atoms. The molecule has 2 N–H and O–H groups in total. The quantitative estimate of drug-likeness (QED) is 0.826. The lowest BCUT2D eigenvalue weighted by molar-refractivity contribution is 0.0558. The zero-order valence-corrected chi connectivity index (χ0v) is 15.9. The van der Waals surface area contributed by atoms with E-state index >= 15 is 0 Å². The maximum atomic E-state index is 12.4. The van der Waals surface area contributed by atoms with E-state index in [2.05, 4.69) is 10.2 Å². The van der Waals surface area contributed by atoms with Crippen molar-refractivity contribution in [3.8, 4) is 5.75 Å². The van der Waals surface area contributed by atoms with Crippen LogP contribution in [0.1, 0.15) is 15.9 Å². The Morgan fingerprint density at radius 1 is 1.11 bits per heavy atom. The Bertz CT molecular complexity index is 795. The number of hydrogen-bond acceptors (Lipinski definition) is 5. The summed E-state index contributed by atoms with van der Waals surface area (Å²) >= 11 is 0. The highest BCUT2D eigenvalue weighted by atomic mass is 16.6. The van der Waals surface area contributed by atoms with Crippen LogP contribution in [0.4, 0.5) is 4.79 Å². The summed E-state index contributed by atoms with van der Waals surface area (Å²) in [5, 5.41) is 12.2. The van der Waals surface area contributed by atoms with E-state index in [9.17, 15) is 14.7 Å². The Labute approximate surface area is 164 Å². The van der Waals surface area contributed by atoms with Gasteiger partial charge in [0.2, 0.25) is 0 Å². The van der Waals surface area contributed by atoms with Gasteiger partial charge in [-0.15, -0.1) is 0 Å². The summed E-state index contributed by atoms with van der Waals surface area (Å²) in [5.74, 6) is -0.0922. The van der Waals surface area contributed by atoms with E-state index in [1.54, 1.807) is 17.0 Å². The van der Waals surface area contributed by atoms with Crippen LogP contribution in [-0.2, 0) is 11.3 Å². The van der Waals surface area contributed by atoms with Gasteiger partial charge < -0.3 is 20.1 Å². The van der Waals surface area contributed by atoms with Crippen LogP contribution < -0.4 is 5.32 Å². The van der Waals surface area contributed by atoms with Gasteiger partial charge in [0, 0.05) is 37.8 Å². The highest BCUT2D eigenvalue weighted by molar-refractivity contribution is 5.94. The SMILES string of the molecule is CN1CCN(C(=O)OCc2ccccc2)CC1CNC(=O)c1ccc(O)cc1. The van der Waals surface area contributed by atoms with Crippen molar-refractivity contribution >= 4 is 12.0 Å². The van der Waals surface area contributed by atoms with Gasteiger partial charge in [-0.05, 0) is 36.9 Å². The standard InChI is InChI=1S/C21H25N3O4/c1-23-11-12-24(21(27)28-15-16-5-3-2-4-6-16)14-18(23)13-22-20(26)17-7-9-19(25)10-8-17/h2-10,18,25H,11-15H2,1H3,(H,22,26). The monoisotopic (exact) mass is 383 g/mol. The fourth-order valence-electron chi connectivity index (χ4n) is 3.07. The number of carbonyl (C=O) groups is 2. The van der Waals surface area contributed by atoms with Gasteiger partial charge in [-0.25, -0.2) is 4.79 Å². The lowest BCUT2D eigenvalue weighted by atomic mass is 10.1. The molecule has 1 heterocycles. The normalized spacial score (nSPS) is 17.2. The molecular formula is C21H25N3O4. The molecule has 1 saturated heterocycles. The Morgan fingerprint density at radius 3 is 2.54 bits per heavy atom. The number of amides is 2. The number of rotatable bonds is 5. The van der Waals surface area contributed by atoms with E-state index in [-0.39, 0.29) is 30.4 Å². The first-order chi connectivity index (χ1) is 13.5. The molecule has 1 aliphatic rings. The number of nitrogens with one attached hydrogen (secondary N) is 1. The molecule has 7 heteroatoms. The molecule has 2 aromatic carbocycles. The predicted octanol–water partition coefficient (Wildman–Crippen LogP) is 2.07. The second-order valence-corrected chi connectivity index (χ2v) is 6.88. The van der Waals surface area contributed by atoms with Crippen molar-refractivity contribution in [2.75, 3.05) is 33.2 Å². The number of phenolic OH excluding ortho intramolecular Hbond substituents is 1. The number of hydrogen-bond donors (Lipinski definition) is 2. The smallest absolute Gasteiger partial charge is 0.410 e. The zero-order valence-electron chi connectivity index (χ0n) is 15.9. The first kappa shape index (κ1) is 19.7. The van der Waals surface area contributed by atoms with E-state index < -0.39 is 0 Å². The van der Waals surface area contributed by atoms with Crippen LogP contribution in [0.5, 0.6) is 5.75 Å². The molecule has 3 rings (SSSR count). The third-order valence-electron chi connectivity index (χ3n) is 4.87. The number of piperazine rings is 1. The summed E-state index contributed by atoms with van der Waals surface area (Å²) in [6.07, 6.45) is -0.341. The van der Waals surface area contributed by atoms with Gasteiger partial charge in [-0.2, -0.15) is 0 Å². The van der Waals surface area contributed by atoms with Crippen LogP contribution in [-0.4, -0.2) is 66.2 Å². The summed E-state index contributed by atoms with van der Waals surface area (Å²) in [6, 6.07) is 15.7. The van der Waals surface area contributed by atoms with Gasteiger partial charge in [0.15, 0.2) is 0 Å². The number of carbonyl (C=O) groups excluding carboxylic acids is 2. The van der Waals surface area contributed by atoms with E-state index in [0.717, 1.165) is 5.56 Å². The molecule has 2 aromatic rings. The molecular weight excluding hydrogens is 358 g/mol. The largest absolute Gasteiger partial charge is 0.508 e. The Morgan fingerprint density at radius 2 is 1.82 bits per heavy atom. The summed E-state index contributed by atoms with van der Waals surface area (Å²) in [5.41, 5.74) is 1.43. The average Bonchev–Trinajstić information content (AvgIpc) is 2.72. The molecule has 1 fully saturated rings. The molecule has 2 amide bonds. The minimum Gasteiger partial charge on any atom is -0.508 e. The van der Waals surface area contributed by atoms with E-state index in [1.807, 2.05) is 37.4 Å². The number of ether oxygens (including phenoxy) is 1. The molecule has 0 radical (unpaired) electrons. The molecule has 7 nitrogen and oxygen atoms in total. The molecule has 1 unspecified atom stereocenters. The van der Waals surface area contributed by atoms with E-state index in [4.69, 9.17) is 4.74 Å². The van der Waals surface area contributed by atoms with E-state index in [1.165, 1.54) is 12.1 Å². The number of aromatic hydroxyl groups is 1. The van der Waals surface area contributed by atoms with Gasteiger partial charge in [0.05, 0.1) is 0 Å². The first-order valence-corrected chi connectivity index (χ1v) is 9.26. The fraction of sp³-hybridized carbons (Fsp3) is 0.333. The van der Waals surface area contributed by atoms with E-state index in [0.29, 0.717) is 31.7 Å². The van der Waals surface area contributed by atoms with Gasteiger partial charge >= 0.3 is 6.09 Å². The third kappa shape index (κ3) is 5.23. The van der Waals surface area contributed by atoms with Gasteiger partial charge in [0.25, 0.3) is 5.91 Å². The summed E-state index contributed by atoms with van der Waals surface area (Å²) in [4.78, 5) is 28.5. The molecule has 0 aliphatic carbocycles. The fourth-order valence-corrected chi connectivity index (χ4v) is 3.07. The van der Waals surface area contributed by atoms with Crippen LogP contribution in [0.25, 0.3) is 0 Å². The second-order valence-electron chi connectivity index (χ2n) is 6.88. The number of benzene rings is 2. The molecule has 1 atom stereocenters. The van der Waals surface area contributed by atoms with Crippen LogP contribution >= 0.6 is 0 Å². The summed E-state index contributed by atoms with van der Waals surface area (Å²) in [7, 11) is 1.98. The lowest BCUT2D eigenvalue weighted by Gasteiger charge is -2.38. The Hall–Kier alpha value is -3.06. The van der Waals surface area contributed by atoms with Crippen molar-refractivity contribution in [2.24, 2.45) is 0 Å². The zero-order chi connectivity index (χ0) is 19.9. The number of nitrogens with zero attached hydrogens (tertiary/aromatic N) is 2. The highest BCUT2D eigenvalue weighted by Gasteiger charge is 2.28. The molecule has 148 valence electrons. The van der Waals surface area contributed by atoms with Crippen molar-refractivity contribution in [1.82, 2.24) is 15.1 Å². The van der Waals surface area contributed by atoms with Crippen molar-refractivity contribution in [2.45, 2.75) is 12.6 Å².